The molecule has 9 heteroatoms. The quantitative estimate of drug-likeness (QED) is 0.586. The van der Waals surface area contributed by atoms with E-state index < -0.39 is 21.7 Å². The minimum atomic E-state index is -3.95. The highest BCUT2D eigenvalue weighted by atomic mass is 32.2. The molecule has 106 valence electrons. The third-order valence-corrected chi connectivity index (χ3v) is 3.74. The van der Waals surface area contributed by atoms with Gasteiger partial charge >= 0.3 is 0 Å². The highest BCUT2D eigenvalue weighted by molar-refractivity contribution is 7.92. The van der Waals surface area contributed by atoms with Crippen LogP contribution in [0, 0.1) is 11.6 Å². The van der Waals surface area contributed by atoms with Crippen molar-refractivity contribution in [2.24, 2.45) is 5.84 Å². The predicted octanol–water partition coefficient (Wildman–Crippen LogP) is 1.45. The number of hydrogen-bond donors (Lipinski definition) is 3. The smallest absolute Gasteiger partial charge is 0.262 e. The lowest BCUT2D eigenvalue weighted by molar-refractivity contribution is 0.509. The second-order valence-electron chi connectivity index (χ2n) is 3.76. The maximum absolute atomic E-state index is 13.0. The van der Waals surface area contributed by atoms with Crippen LogP contribution < -0.4 is 16.0 Å². The number of sulfonamides is 1. The minimum absolute atomic E-state index is 0.0945. The molecule has 0 aliphatic heterocycles. The molecule has 0 fully saturated rings. The van der Waals surface area contributed by atoms with Gasteiger partial charge in [-0.2, -0.15) is 0 Å². The fourth-order valence-corrected chi connectivity index (χ4v) is 2.49. The fraction of sp³-hybridized carbons (Fsp3) is 0. The molecule has 0 aliphatic rings. The third-order valence-electron chi connectivity index (χ3n) is 2.36. The first-order valence-electron chi connectivity index (χ1n) is 5.33. The molecule has 0 amide bonds. The molecule has 0 bridgehead atoms. The molecule has 1 heterocycles. The summed E-state index contributed by atoms with van der Waals surface area (Å²) in [6.45, 7) is 0. The van der Waals surface area contributed by atoms with Crippen molar-refractivity contribution in [2.45, 2.75) is 4.90 Å². The van der Waals surface area contributed by atoms with Gasteiger partial charge in [-0.25, -0.2) is 28.0 Å². The van der Waals surface area contributed by atoms with Crippen molar-refractivity contribution in [1.82, 2.24) is 4.98 Å². The molecule has 0 saturated carbocycles. The molecular formula is C11H10F2N4O2S. The maximum Gasteiger partial charge on any atom is 0.262 e. The number of halogens is 2. The van der Waals surface area contributed by atoms with Crippen LogP contribution in [0.4, 0.5) is 20.3 Å². The molecule has 0 saturated heterocycles. The first-order chi connectivity index (χ1) is 9.42. The Morgan fingerprint density at radius 3 is 2.50 bits per heavy atom. The maximum atomic E-state index is 13.0. The van der Waals surface area contributed by atoms with Crippen molar-refractivity contribution in [3.63, 3.8) is 0 Å². The van der Waals surface area contributed by atoms with Gasteiger partial charge in [-0.05, 0) is 18.2 Å². The van der Waals surface area contributed by atoms with Gasteiger partial charge in [0.15, 0.2) is 11.6 Å². The second-order valence-corrected chi connectivity index (χ2v) is 5.44. The Bertz CT molecular complexity index is 737. The summed E-state index contributed by atoms with van der Waals surface area (Å²) < 4.78 is 52.0. The SMILES string of the molecule is NNc1cc(S(=O)(=O)Nc2ccc(F)c(F)c2)ccn1. The zero-order valence-electron chi connectivity index (χ0n) is 9.97. The molecule has 2 aromatic rings. The highest BCUT2D eigenvalue weighted by Crippen LogP contribution is 2.19. The summed E-state index contributed by atoms with van der Waals surface area (Å²) in [4.78, 5) is 3.65. The average molecular weight is 300 g/mol. The largest absolute Gasteiger partial charge is 0.308 e. The summed E-state index contributed by atoms with van der Waals surface area (Å²) in [6, 6.07) is 5.12. The summed E-state index contributed by atoms with van der Waals surface area (Å²) in [5.74, 6) is 3.07. The number of anilines is 2. The van der Waals surface area contributed by atoms with Gasteiger partial charge in [-0.1, -0.05) is 0 Å². The summed E-state index contributed by atoms with van der Waals surface area (Å²) in [6.07, 6.45) is 1.25. The van der Waals surface area contributed by atoms with Gasteiger partial charge < -0.3 is 5.43 Å². The van der Waals surface area contributed by atoms with Crippen LogP contribution in [0.3, 0.4) is 0 Å². The molecule has 20 heavy (non-hydrogen) atoms. The zero-order valence-corrected chi connectivity index (χ0v) is 10.8. The molecule has 0 aliphatic carbocycles. The van der Waals surface area contributed by atoms with Gasteiger partial charge in [0.2, 0.25) is 0 Å². The van der Waals surface area contributed by atoms with E-state index in [1.165, 1.54) is 18.3 Å². The lowest BCUT2D eigenvalue weighted by Crippen LogP contribution is -2.15. The number of rotatable bonds is 4. The van der Waals surface area contributed by atoms with Crippen molar-refractivity contribution in [3.8, 4) is 0 Å². The molecule has 0 atom stereocenters. The van der Waals surface area contributed by atoms with Crippen LogP contribution in [-0.4, -0.2) is 13.4 Å². The lowest BCUT2D eigenvalue weighted by atomic mass is 10.3. The number of nitrogens with zero attached hydrogens (tertiary/aromatic N) is 1. The molecule has 2 rings (SSSR count). The fourth-order valence-electron chi connectivity index (χ4n) is 1.43. The van der Waals surface area contributed by atoms with E-state index >= 15 is 0 Å². The number of hydrazine groups is 1. The Morgan fingerprint density at radius 1 is 1.10 bits per heavy atom. The monoisotopic (exact) mass is 300 g/mol. The molecule has 4 N–H and O–H groups in total. The molecule has 0 spiro atoms. The van der Waals surface area contributed by atoms with Crippen LogP contribution >= 0.6 is 0 Å². The Labute approximate surface area is 113 Å². The number of nitrogen functional groups attached to an aromatic ring is 1. The molecule has 0 radical (unpaired) electrons. The van der Waals surface area contributed by atoms with Crippen molar-refractivity contribution in [3.05, 3.63) is 48.2 Å². The number of nitrogens with two attached hydrogens (primary N) is 1. The van der Waals surface area contributed by atoms with Crippen LogP contribution in [-0.2, 0) is 10.0 Å². The van der Waals surface area contributed by atoms with Gasteiger partial charge in [-0.15, -0.1) is 0 Å². The van der Waals surface area contributed by atoms with E-state index in [0.717, 1.165) is 18.2 Å². The van der Waals surface area contributed by atoms with Crippen LogP contribution in [0.1, 0.15) is 0 Å². The lowest BCUT2D eigenvalue weighted by Gasteiger charge is -2.09. The Balaban J connectivity index is 2.32. The van der Waals surface area contributed by atoms with Crippen molar-refractivity contribution < 1.29 is 17.2 Å². The van der Waals surface area contributed by atoms with Crippen molar-refractivity contribution >= 4 is 21.5 Å². The predicted molar refractivity (Wildman–Crippen MR) is 69.2 cm³/mol. The molecule has 0 unspecified atom stereocenters. The van der Waals surface area contributed by atoms with Gasteiger partial charge in [0.1, 0.15) is 5.82 Å². The standard InChI is InChI=1S/C11H10F2N4O2S/c12-9-2-1-7(5-10(9)13)17-20(18,19)8-3-4-15-11(6-8)16-14/h1-6,17H,14H2,(H,15,16). The average Bonchev–Trinajstić information content (AvgIpc) is 2.43. The Kier molecular flexibility index (Phi) is 3.81. The van der Waals surface area contributed by atoms with Gasteiger partial charge in [-0.3, -0.25) is 4.72 Å². The number of aromatic nitrogens is 1. The Morgan fingerprint density at radius 2 is 1.85 bits per heavy atom. The summed E-state index contributed by atoms with van der Waals surface area (Å²) in [5.41, 5.74) is 2.11. The number of nitrogens with one attached hydrogen (secondary N) is 2. The van der Waals surface area contributed by atoms with E-state index in [4.69, 9.17) is 5.84 Å². The second kappa shape index (κ2) is 5.39. The zero-order chi connectivity index (χ0) is 14.8. The molecule has 1 aromatic heterocycles. The summed E-state index contributed by atoms with van der Waals surface area (Å²) >= 11 is 0. The molecule has 6 nitrogen and oxygen atoms in total. The topological polar surface area (TPSA) is 97.1 Å². The van der Waals surface area contributed by atoms with E-state index in [2.05, 4.69) is 15.1 Å². The normalized spacial score (nSPS) is 11.2. The summed E-state index contributed by atoms with van der Waals surface area (Å²) in [5, 5.41) is 0. The number of pyridine rings is 1. The van der Waals surface area contributed by atoms with Crippen molar-refractivity contribution in [1.29, 1.82) is 0 Å². The number of benzene rings is 1. The van der Waals surface area contributed by atoms with E-state index in [1.807, 2.05) is 0 Å². The van der Waals surface area contributed by atoms with Crippen LogP contribution in [0.15, 0.2) is 41.4 Å². The van der Waals surface area contributed by atoms with Crippen LogP contribution in [0.2, 0.25) is 0 Å². The summed E-state index contributed by atoms with van der Waals surface area (Å²) in [7, 11) is -3.95. The van der Waals surface area contributed by atoms with Crippen molar-refractivity contribution in [2.75, 3.05) is 10.1 Å². The third kappa shape index (κ3) is 3.00. The Hall–Kier alpha value is -2.26. The van der Waals surface area contributed by atoms with Gasteiger partial charge in [0.25, 0.3) is 10.0 Å². The van der Waals surface area contributed by atoms with E-state index in [1.54, 1.807) is 0 Å². The number of hydrogen-bond acceptors (Lipinski definition) is 5. The van der Waals surface area contributed by atoms with Gasteiger partial charge in [0.05, 0.1) is 10.6 Å². The first-order valence-corrected chi connectivity index (χ1v) is 6.81. The molecular weight excluding hydrogens is 290 g/mol. The van der Waals surface area contributed by atoms with E-state index in [0.29, 0.717) is 0 Å². The first kappa shape index (κ1) is 14.2. The van der Waals surface area contributed by atoms with E-state index in [-0.39, 0.29) is 16.4 Å². The highest BCUT2D eigenvalue weighted by Gasteiger charge is 2.16. The van der Waals surface area contributed by atoms with Crippen LogP contribution in [0.25, 0.3) is 0 Å². The van der Waals surface area contributed by atoms with E-state index in [9.17, 15) is 17.2 Å². The van der Waals surface area contributed by atoms with Gasteiger partial charge in [0, 0.05) is 18.3 Å². The molecule has 1 aromatic carbocycles. The minimum Gasteiger partial charge on any atom is -0.308 e. The van der Waals surface area contributed by atoms with Crippen LogP contribution in [0.5, 0.6) is 0 Å².